The van der Waals surface area contributed by atoms with Gasteiger partial charge in [-0.15, -0.1) is 0 Å². The lowest BCUT2D eigenvalue weighted by Crippen LogP contribution is -2.63. The van der Waals surface area contributed by atoms with E-state index in [-0.39, 0.29) is 24.4 Å². The van der Waals surface area contributed by atoms with Gasteiger partial charge < -0.3 is 14.9 Å². The van der Waals surface area contributed by atoms with Crippen molar-refractivity contribution in [3.63, 3.8) is 0 Å². The molecule has 2 saturated heterocycles. The normalized spacial score (nSPS) is 23.8. The molecule has 0 spiro atoms. The van der Waals surface area contributed by atoms with E-state index in [9.17, 15) is 19.5 Å². The van der Waals surface area contributed by atoms with Crippen LogP contribution in [0.25, 0.3) is 0 Å². The van der Waals surface area contributed by atoms with Crippen molar-refractivity contribution < 1.29 is 19.5 Å². The fraction of sp³-hybridized carbons (Fsp3) is 0.500. The van der Waals surface area contributed by atoms with Crippen molar-refractivity contribution in [3.8, 4) is 0 Å². The van der Waals surface area contributed by atoms with Crippen molar-refractivity contribution in [2.24, 2.45) is 0 Å². The summed E-state index contributed by atoms with van der Waals surface area (Å²) in [5, 5.41) is 9.31. The number of piperazine rings is 1. The number of amides is 2. The van der Waals surface area contributed by atoms with Crippen LogP contribution in [0.2, 0.25) is 0 Å². The summed E-state index contributed by atoms with van der Waals surface area (Å²) < 4.78 is 0. The molecule has 0 aromatic heterocycles. The molecule has 2 aliphatic heterocycles. The average molecular weight is 330 g/mol. The van der Waals surface area contributed by atoms with Crippen molar-refractivity contribution >= 4 is 17.8 Å². The predicted octanol–water partition coefficient (Wildman–Crippen LogP) is 1.30. The smallest absolute Gasteiger partial charge is 0.326 e. The molecular weight excluding hydrogens is 308 g/mol. The monoisotopic (exact) mass is 330 g/mol. The maximum atomic E-state index is 12.4. The third-order valence-electron chi connectivity index (χ3n) is 4.90. The molecule has 2 unspecified atom stereocenters. The fourth-order valence-corrected chi connectivity index (χ4v) is 3.69. The Kier molecular flexibility index (Phi) is 4.83. The van der Waals surface area contributed by atoms with Crippen LogP contribution in [0.4, 0.5) is 0 Å². The van der Waals surface area contributed by atoms with E-state index in [0.717, 1.165) is 18.4 Å². The molecule has 0 radical (unpaired) electrons. The van der Waals surface area contributed by atoms with E-state index in [1.807, 2.05) is 30.3 Å². The lowest BCUT2D eigenvalue weighted by atomic mass is 9.93. The maximum Gasteiger partial charge on any atom is 0.326 e. The molecule has 24 heavy (non-hydrogen) atoms. The lowest BCUT2D eigenvalue weighted by Gasteiger charge is -2.46. The van der Waals surface area contributed by atoms with Gasteiger partial charge in [-0.3, -0.25) is 9.59 Å². The highest BCUT2D eigenvalue weighted by Crippen LogP contribution is 2.27. The third-order valence-corrected chi connectivity index (χ3v) is 4.90. The predicted molar refractivity (Wildman–Crippen MR) is 87.3 cm³/mol. The molecule has 1 N–H and O–H groups in total. The Balaban J connectivity index is 1.61. The Morgan fingerprint density at radius 3 is 2.62 bits per heavy atom. The van der Waals surface area contributed by atoms with Gasteiger partial charge in [0, 0.05) is 13.0 Å². The van der Waals surface area contributed by atoms with Crippen LogP contribution >= 0.6 is 0 Å². The highest BCUT2D eigenvalue weighted by molar-refractivity contribution is 5.89. The number of carboxylic acids is 1. The number of carboxylic acid groups (broad SMARTS) is 1. The van der Waals surface area contributed by atoms with Gasteiger partial charge in [-0.25, -0.2) is 4.79 Å². The summed E-state index contributed by atoms with van der Waals surface area (Å²) >= 11 is 0. The molecular formula is C18H22N2O4. The van der Waals surface area contributed by atoms with Crippen molar-refractivity contribution in [2.75, 3.05) is 13.1 Å². The molecule has 0 aliphatic carbocycles. The minimum atomic E-state index is -0.947. The minimum Gasteiger partial charge on any atom is -0.480 e. The second kappa shape index (κ2) is 7.03. The van der Waals surface area contributed by atoms with Crippen LogP contribution in [0.15, 0.2) is 30.3 Å². The molecule has 2 fully saturated rings. The number of rotatable bonds is 4. The van der Waals surface area contributed by atoms with Gasteiger partial charge >= 0.3 is 5.97 Å². The number of hydrogen-bond donors (Lipinski definition) is 1. The first-order valence-corrected chi connectivity index (χ1v) is 8.42. The Labute approximate surface area is 141 Å². The molecule has 2 aliphatic rings. The number of nitrogens with zero attached hydrogens (tertiary/aromatic N) is 2. The van der Waals surface area contributed by atoms with E-state index in [4.69, 9.17) is 0 Å². The van der Waals surface area contributed by atoms with Gasteiger partial charge in [0.2, 0.25) is 11.8 Å². The molecule has 2 heterocycles. The molecule has 2 atom stereocenters. The number of hydrogen-bond acceptors (Lipinski definition) is 3. The van der Waals surface area contributed by atoms with Gasteiger partial charge in [-0.1, -0.05) is 30.3 Å². The molecule has 0 bridgehead atoms. The minimum absolute atomic E-state index is 0.00605. The zero-order chi connectivity index (χ0) is 17.1. The SMILES string of the molecule is O=C(O)C1CCCC2CN(C(=O)CCc3ccccc3)CC(=O)N21. The second-order valence-corrected chi connectivity index (χ2v) is 6.50. The van der Waals surface area contributed by atoms with Crippen LogP contribution < -0.4 is 0 Å². The van der Waals surface area contributed by atoms with Crippen LogP contribution in [0.5, 0.6) is 0 Å². The summed E-state index contributed by atoms with van der Waals surface area (Å²) in [6, 6.07) is 8.88. The molecule has 6 nitrogen and oxygen atoms in total. The summed E-state index contributed by atoms with van der Waals surface area (Å²) in [4.78, 5) is 39.3. The molecule has 0 saturated carbocycles. The molecule has 1 aromatic rings. The van der Waals surface area contributed by atoms with E-state index in [1.165, 1.54) is 4.90 Å². The van der Waals surface area contributed by atoms with Gasteiger partial charge in [0.15, 0.2) is 0 Å². The number of piperidine rings is 1. The summed E-state index contributed by atoms with van der Waals surface area (Å²) in [6.45, 7) is 0.442. The Morgan fingerprint density at radius 1 is 1.17 bits per heavy atom. The van der Waals surface area contributed by atoms with Crippen LogP contribution in [-0.2, 0) is 20.8 Å². The van der Waals surface area contributed by atoms with Gasteiger partial charge in [-0.2, -0.15) is 0 Å². The maximum absolute atomic E-state index is 12.4. The topological polar surface area (TPSA) is 77.9 Å². The largest absolute Gasteiger partial charge is 0.480 e. The van der Waals surface area contributed by atoms with Crippen LogP contribution in [0.3, 0.4) is 0 Å². The van der Waals surface area contributed by atoms with Gasteiger partial charge in [0.1, 0.15) is 6.04 Å². The van der Waals surface area contributed by atoms with Crippen molar-refractivity contribution in [1.29, 1.82) is 0 Å². The Hall–Kier alpha value is -2.37. The average Bonchev–Trinajstić information content (AvgIpc) is 2.59. The summed E-state index contributed by atoms with van der Waals surface area (Å²) in [7, 11) is 0. The second-order valence-electron chi connectivity index (χ2n) is 6.50. The van der Waals surface area contributed by atoms with Crippen molar-refractivity contribution in [3.05, 3.63) is 35.9 Å². The standard InChI is InChI=1S/C18H22N2O4/c21-16(10-9-13-5-2-1-3-6-13)19-11-14-7-4-8-15(18(23)24)20(14)17(22)12-19/h1-3,5-6,14-15H,4,7-12H2,(H,23,24). The van der Waals surface area contributed by atoms with E-state index < -0.39 is 12.0 Å². The van der Waals surface area contributed by atoms with Crippen molar-refractivity contribution in [2.45, 2.75) is 44.2 Å². The number of aryl methyl sites for hydroxylation is 1. The fourth-order valence-electron chi connectivity index (χ4n) is 3.69. The quantitative estimate of drug-likeness (QED) is 0.902. The number of carbonyl (C=O) groups is 3. The highest BCUT2D eigenvalue weighted by Gasteiger charge is 2.43. The molecule has 6 heteroatoms. The number of carbonyl (C=O) groups excluding carboxylic acids is 2. The van der Waals surface area contributed by atoms with Crippen LogP contribution in [0.1, 0.15) is 31.2 Å². The van der Waals surface area contributed by atoms with Gasteiger partial charge in [-0.05, 0) is 31.2 Å². The van der Waals surface area contributed by atoms with E-state index in [2.05, 4.69) is 0 Å². The highest BCUT2D eigenvalue weighted by atomic mass is 16.4. The van der Waals surface area contributed by atoms with Gasteiger partial charge in [0.05, 0.1) is 12.6 Å². The first kappa shape index (κ1) is 16.5. The summed E-state index contributed by atoms with van der Waals surface area (Å²) in [5.74, 6) is -1.23. The van der Waals surface area contributed by atoms with Crippen LogP contribution in [0, 0.1) is 0 Å². The number of fused-ring (bicyclic) bond motifs is 1. The molecule has 1 aromatic carbocycles. The van der Waals surface area contributed by atoms with Gasteiger partial charge in [0.25, 0.3) is 0 Å². The first-order chi connectivity index (χ1) is 11.6. The lowest BCUT2D eigenvalue weighted by molar-refractivity contribution is -0.162. The Bertz CT molecular complexity index is 631. The van der Waals surface area contributed by atoms with Crippen LogP contribution in [-0.4, -0.2) is 57.9 Å². The van der Waals surface area contributed by atoms with E-state index in [1.54, 1.807) is 4.90 Å². The van der Waals surface area contributed by atoms with E-state index in [0.29, 0.717) is 25.8 Å². The first-order valence-electron chi connectivity index (χ1n) is 8.42. The summed E-state index contributed by atoms with van der Waals surface area (Å²) in [6.07, 6.45) is 3.05. The molecule has 3 rings (SSSR count). The zero-order valence-electron chi connectivity index (χ0n) is 13.6. The Morgan fingerprint density at radius 2 is 1.92 bits per heavy atom. The zero-order valence-corrected chi connectivity index (χ0v) is 13.6. The summed E-state index contributed by atoms with van der Waals surface area (Å²) in [5.41, 5.74) is 1.10. The molecule has 128 valence electrons. The van der Waals surface area contributed by atoms with E-state index >= 15 is 0 Å². The number of aliphatic carboxylic acids is 1. The third kappa shape index (κ3) is 3.42. The number of benzene rings is 1. The molecule has 2 amide bonds. The van der Waals surface area contributed by atoms with Crippen molar-refractivity contribution in [1.82, 2.24) is 9.80 Å².